The normalized spacial score (nSPS) is 13.0. The van der Waals surface area contributed by atoms with E-state index in [2.05, 4.69) is 9.97 Å². The van der Waals surface area contributed by atoms with Crippen LogP contribution in [0.15, 0.2) is 22.5 Å². The molecule has 1 N–H and O–H groups in total. The molecule has 3 nitrogen and oxygen atoms in total. The topological polar surface area (TPSA) is 46.0 Å². The van der Waals surface area contributed by atoms with Gasteiger partial charge in [-0.25, -0.2) is 9.97 Å². The Kier molecular flexibility index (Phi) is 2.68. The fourth-order valence-corrected chi connectivity index (χ4v) is 2.27. The molecule has 68 valence electrons. The van der Waals surface area contributed by atoms with E-state index in [0.29, 0.717) is 6.42 Å². The quantitative estimate of drug-likeness (QED) is 0.845. The highest BCUT2D eigenvalue weighted by molar-refractivity contribution is 7.09. The van der Waals surface area contributed by atoms with Gasteiger partial charge in [0.05, 0.1) is 16.2 Å². The van der Waals surface area contributed by atoms with Crippen LogP contribution >= 0.6 is 22.7 Å². The van der Waals surface area contributed by atoms with E-state index in [1.807, 2.05) is 10.8 Å². The molecule has 0 spiro atoms. The number of rotatable bonds is 3. The second-order valence-corrected chi connectivity index (χ2v) is 4.26. The monoisotopic (exact) mass is 212 g/mol. The maximum atomic E-state index is 9.69. The number of nitrogens with zero attached hydrogens (tertiary/aromatic N) is 2. The minimum atomic E-state index is -0.516. The van der Waals surface area contributed by atoms with Crippen LogP contribution in [0.5, 0.6) is 0 Å². The highest BCUT2D eigenvalue weighted by Gasteiger charge is 2.11. The summed E-state index contributed by atoms with van der Waals surface area (Å²) < 4.78 is 0. The molecular weight excluding hydrogens is 204 g/mol. The number of aliphatic hydroxyl groups is 1. The molecule has 5 heteroatoms. The average molecular weight is 212 g/mol. The van der Waals surface area contributed by atoms with Gasteiger partial charge in [-0.3, -0.25) is 0 Å². The van der Waals surface area contributed by atoms with Gasteiger partial charge in [0.2, 0.25) is 0 Å². The fourth-order valence-electron chi connectivity index (χ4n) is 1.01. The Balaban J connectivity index is 2.04. The molecule has 0 saturated heterocycles. The Morgan fingerprint density at radius 3 is 3.00 bits per heavy atom. The van der Waals surface area contributed by atoms with Gasteiger partial charge in [-0.05, 0) is 0 Å². The van der Waals surface area contributed by atoms with Crippen molar-refractivity contribution in [1.82, 2.24) is 9.97 Å². The summed E-state index contributed by atoms with van der Waals surface area (Å²) in [5, 5.41) is 14.4. The molecule has 0 aliphatic rings. The largest absolute Gasteiger partial charge is 0.386 e. The van der Waals surface area contributed by atoms with Crippen LogP contribution in [0.1, 0.15) is 16.8 Å². The van der Waals surface area contributed by atoms with Crippen molar-refractivity contribution in [3.8, 4) is 0 Å². The first-order valence-corrected chi connectivity index (χ1v) is 5.63. The van der Waals surface area contributed by atoms with E-state index in [9.17, 15) is 5.11 Å². The lowest BCUT2D eigenvalue weighted by Crippen LogP contribution is -2.01. The van der Waals surface area contributed by atoms with Gasteiger partial charge in [-0.15, -0.1) is 22.7 Å². The van der Waals surface area contributed by atoms with Crippen molar-refractivity contribution in [1.29, 1.82) is 0 Å². The maximum absolute atomic E-state index is 9.69. The number of thiazole rings is 2. The predicted molar refractivity (Wildman–Crippen MR) is 52.9 cm³/mol. The van der Waals surface area contributed by atoms with Crippen molar-refractivity contribution in [2.45, 2.75) is 12.5 Å². The number of aromatic nitrogens is 2. The highest BCUT2D eigenvalue weighted by atomic mass is 32.1. The van der Waals surface area contributed by atoms with Crippen LogP contribution < -0.4 is 0 Å². The lowest BCUT2D eigenvalue weighted by Gasteiger charge is -2.03. The first kappa shape index (κ1) is 8.80. The Hall–Kier alpha value is -0.780. The Bertz CT molecular complexity index is 344. The van der Waals surface area contributed by atoms with Gasteiger partial charge in [0.1, 0.15) is 6.10 Å². The lowest BCUT2D eigenvalue weighted by molar-refractivity contribution is 0.174. The van der Waals surface area contributed by atoms with Gasteiger partial charge < -0.3 is 5.11 Å². The summed E-state index contributed by atoms with van der Waals surface area (Å²) in [6.07, 6.45) is 1.78. The molecule has 2 rings (SSSR count). The first-order chi connectivity index (χ1) is 6.36. The molecule has 2 aromatic heterocycles. The lowest BCUT2D eigenvalue weighted by atomic mass is 10.2. The molecule has 0 amide bonds. The van der Waals surface area contributed by atoms with Crippen LogP contribution in [0.2, 0.25) is 0 Å². The number of hydrogen-bond donors (Lipinski definition) is 1. The zero-order valence-electron chi connectivity index (χ0n) is 6.75. The molecular formula is C8H8N2OS2. The minimum Gasteiger partial charge on any atom is -0.386 e. The van der Waals surface area contributed by atoms with E-state index in [4.69, 9.17) is 0 Å². The van der Waals surface area contributed by atoms with Crippen molar-refractivity contribution in [2.24, 2.45) is 0 Å². The molecule has 1 unspecified atom stereocenters. The summed E-state index contributed by atoms with van der Waals surface area (Å²) in [7, 11) is 0. The van der Waals surface area contributed by atoms with Crippen LogP contribution in [0.4, 0.5) is 0 Å². The van der Waals surface area contributed by atoms with Gasteiger partial charge in [0, 0.05) is 23.4 Å². The third-order valence-electron chi connectivity index (χ3n) is 1.64. The van der Waals surface area contributed by atoms with Crippen LogP contribution in [0, 0.1) is 0 Å². The molecule has 0 saturated carbocycles. The van der Waals surface area contributed by atoms with E-state index in [1.54, 1.807) is 23.0 Å². The van der Waals surface area contributed by atoms with Crippen LogP contribution in [-0.2, 0) is 6.42 Å². The molecule has 0 aliphatic heterocycles. The second kappa shape index (κ2) is 3.95. The average Bonchev–Trinajstić information content (AvgIpc) is 2.74. The molecule has 0 aliphatic carbocycles. The summed E-state index contributed by atoms with van der Waals surface area (Å²) in [6.45, 7) is 0. The van der Waals surface area contributed by atoms with E-state index >= 15 is 0 Å². The summed E-state index contributed by atoms with van der Waals surface area (Å²) >= 11 is 3.05. The van der Waals surface area contributed by atoms with Gasteiger partial charge >= 0.3 is 0 Å². The van der Waals surface area contributed by atoms with Crippen molar-refractivity contribution < 1.29 is 5.11 Å². The Morgan fingerprint density at radius 1 is 1.46 bits per heavy atom. The number of hydrogen-bond acceptors (Lipinski definition) is 5. The Labute approximate surface area is 83.7 Å². The zero-order valence-corrected chi connectivity index (χ0v) is 8.38. The number of aliphatic hydroxyl groups excluding tert-OH is 1. The van der Waals surface area contributed by atoms with Crippen LogP contribution in [0.3, 0.4) is 0 Å². The zero-order chi connectivity index (χ0) is 9.10. The molecule has 1 atom stereocenters. The van der Waals surface area contributed by atoms with Crippen molar-refractivity contribution in [3.63, 3.8) is 0 Å². The SMILES string of the molecule is OC(Cc1nccs1)c1cscn1. The van der Waals surface area contributed by atoms with E-state index < -0.39 is 6.10 Å². The van der Waals surface area contributed by atoms with Gasteiger partial charge in [-0.1, -0.05) is 0 Å². The smallest absolute Gasteiger partial charge is 0.103 e. The summed E-state index contributed by atoms with van der Waals surface area (Å²) in [6, 6.07) is 0. The minimum absolute atomic E-state index is 0.516. The molecule has 2 aromatic rings. The summed E-state index contributed by atoms with van der Waals surface area (Å²) in [5.41, 5.74) is 2.46. The molecule has 0 bridgehead atoms. The third kappa shape index (κ3) is 2.12. The van der Waals surface area contributed by atoms with Crippen molar-refractivity contribution in [3.05, 3.63) is 33.2 Å². The molecule has 0 radical (unpaired) electrons. The van der Waals surface area contributed by atoms with Gasteiger partial charge in [-0.2, -0.15) is 0 Å². The highest BCUT2D eigenvalue weighted by Crippen LogP contribution is 2.18. The molecule has 0 aromatic carbocycles. The first-order valence-electron chi connectivity index (χ1n) is 3.81. The molecule has 2 heterocycles. The third-order valence-corrected chi connectivity index (χ3v) is 3.05. The van der Waals surface area contributed by atoms with Crippen molar-refractivity contribution >= 4 is 22.7 Å². The maximum Gasteiger partial charge on any atom is 0.103 e. The summed E-state index contributed by atoms with van der Waals surface area (Å²) in [5.74, 6) is 0. The van der Waals surface area contributed by atoms with Gasteiger partial charge in [0.15, 0.2) is 0 Å². The standard InChI is InChI=1S/C8H8N2OS2/c11-7(6-4-12-5-10-6)3-8-9-1-2-13-8/h1-2,4-5,7,11H,3H2. The molecule has 0 fully saturated rings. The predicted octanol–water partition coefficient (Wildman–Crippen LogP) is 1.88. The second-order valence-electron chi connectivity index (χ2n) is 2.56. The van der Waals surface area contributed by atoms with E-state index in [0.717, 1.165) is 10.7 Å². The van der Waals surface area contributed by atoms with Crippen molar-refractivity contribution in [2.75, 3.05) is 0 Å². The van der Waals surface area contributed by atoms with E-state index in [-0.39, 0.29) is 0 Å². The fraction of sp³-hybridized carbons (Fsp3) is 0.250. The Morgan fingerprint density at radius 2 is 2.38 bits per heavy atom. The molecule has 13 heavy (non-hydrogen) atoms. The van der Waals surface area contributed by atoms with Crippen LogP contribution in [0.25, 0.3) is 0 Å². The van der Waals surface area contributed by atoms with E-state index in [1.165, 1.54) is 11.3 Å². The van der Waals surface area contributed by atoms with Crippen LogP contribution in [-0.4, -0.2) is 15.1 Å². The van der Waals surface area contributed by atoms with Gasteiger partial charge in [0.25, 0.3) is 0 Å². The summed E-state index contributed by atoms with van der Waals surface area (Å²) in [4.78, 5) is 8.14.